The van der Waals surface area contributed by atoms with Crippen molar-refractivity contribution >= 4 is 23.2 Å². The summed E-state index contributed by atoms with van der Waals surface area (Å²) in [7, 11) is 1.58. The molecule has 1 amide bonds. The van der Waals surface area contributed by atoms with Crippen molar-refractivity contribution in [2.75, 3.05) is 25.5 Å². The van der Waals surface area contributed by atoms with Crippen LogP contribution < -0.4 is 15.4 Å². The average Bonchev–Trinajstić information content (AvgIpc) is 2.60. The van der Waals surface area contributed by atoms with Crippen LogP contribution in [0.15, 0.2) is 42.5 Å². The Morgan fingerprint density at radius 3 is 2.46 bits per heavy atom. The van der Waals surface area contributed by atoms with E-state index in [1.54, 1.807) is 7.11 Å². The van der Waals surface area contributed by atoms with Gasteiger partial charge in [0.25, 0.3) is 0 Å². The highest BCUT2D eigenvalue weighted by Crippen LogP contribution is 2.33. The summed E-state index contributed by atoms with van der Waals surface area (Å²) in [5, 5.41) is 5.44. The SMILES string of the molecule is COc1ccc(CCNC(=O)CNc2cc(C(F)(F)F)ccc2Cl)cc1. The molecule has 0 fully saturated rings. The Kier molecular flexibility index (Phi) is 6.74. The van der Waals surface area contributed by atoms with Gasteiger partial charge in [-0.15, -0.1) is 0 Å². The third-order valence-corrected chi connectivity index (χ3v) is 3.96. The fourth-order valence-electron chi connectivity index (χ4n) is 2.21. The van der Waals surface area contributed by atoms with Gasteiger partial charge < -0.3 is 15.4 Å². The summed E-state index contributed by atoms with van der Waals surface area (Å²) in [4.78, 5) is 11.8. The van der Waals surface area contributed by atoms with E-state index in [-0.39, 0.29) is 23.2 Å². The topological polar surface area (TPSA) is 50.4 Å². The van der Waals surface area contributed by atoms with Crippen molar-refractivity contribution in [3.8, 4) is 5.75 Å². The van der Waals surface area contributed by atoms with Gasteiger partial charge in [0.05, 0.1) is 29.9 Å². The minimum absolute atomic E-state index is 0.0618. The molecule has 0 saturated heterocycles. The predicted octanol–water partition coefficient (Wildman–Crippen LogP) is 4.14. The second-order valence-electron chi connectivity index (χ2n) is 5.49. The van der Waals surface area contributed by atoms with Crippen molar-refractivity contribution in [3.63, 3.8) is 0 Å². The number of ether oxygens (including phenoxy) is 1. The molecule has 0 unspecified atom stereocenters. The molecule has 0 atom stereocenters. The van der Waals surface area contributed by atoms with Crippen LogP contribution in [-0.4, -0.2) is 26.1 Å². The Balaban J connectivity index is 1.81. The smallest absolute Gasteiger partial charge is 0.416 e. The van der Waals surface area contributed by atoms with Gasteiger partial charge in [0.1, 0.15) is 5.75 Å². The summed E-state index contributed by atoms with van der Waals surface area (Å²) in [6.07, 6.45) is -3.85. The monoisotopic (exact) mass is 386 g/mol. The molecule has 0 aromatic heterocycles. The van der Waals surface area contributed by atoms with Crippen molar-refractivity contribution in [1.82, 2.24) is 5.32 Å². The van der Waals surface area contributed by atoms with E-state index < -0.39 is 11.7 Å². The average molecular weight is 387 g/mol. The Labute approximate surface area is 154 Å². The second kappa shape index (κ2) is 8.80. The lowest BCUT2D eigenvalue weighted by Gasteiger charge is -2.12. The number of nitrogens with one attached hydrogen (secondary N) is 2. The van der Waals surface area contributed by atoms with E-state index in [9.17, 15) is 18.0 Å². The molecule has 0 aliphatic carbocycles. The van der Waals surface area contributed by atoms with Gasteiger partial charge in [-0.05, 0) is 42.3 Å². The van der Waals surface area contributed by atoms with Crippen molar-refractivity contribution in [2.45, 2.75) is 12.6 Å². The molecule has 2 rings (SSSR count). The van der Waals surface area contributed by atoms with Gasteiger partial charge in [0.15, 0.2) is 0 Å². The summed E-state index contributed by atoms with van der Waals surface area (Å²) in [6, 6.07) is 10.4. The fraction of sp³-hybridized carbons (Fsp3) is 0.278. The lowest BCUT2D eigenvalue weighted by molar-refractivity contribution is -0.137. The molecule has 2 aromatic rings. The van der Waals surface area contributed by atoms with Crippen molar-refractivity contribution < 1.29 is 22.7 Å². The van der Waals surface area contributed by atoms with Crippen LogP contribution in [0, 0.1) is 0 Å². The van der Waals surface area contributed by atoms with Gasteiger partial charge in [-0.3, -0.25) is 4.79 Å². The van der Waals surface area contributed by atoms with E-state index >= 15 is 0 Å². The van der Waals surface area contributed by atoms with Gasteiger partial charge in [0, 0.05) is 6.54 Å². The number of carbonyl (C=O) groups is 1. The van der Waals surface area contributed by atoms with Crippen molar-refractivity contribution in [2.24, 2.45) is 0 Å². The van der Waals surface area contributed by atoms with E-state index in [0.29, 0.717) is 13.0 Å². The maximum atomic E-state index is 12.7. The standard InChI is InChI=1S/C18H18ClF3N2O2/c1-26-14-5-2-12(3-6-14)8-9-23-17(25)11-24-16-10-13(18(20,21)22)4-7-15(16)19/h2-7,10,24H,8-9,11H2,1H3,(H,23,25). The first-order valence-corrected chi connectivity index (χ1v) is 8.17. The molecule has 140 valence electrons. The Bertz CT molecular complexity index is 749. The Morgan fingerprint density at radius 1 is 1.15 bits per heavy atom. The number of amides is 1. The van der Waals surface area contributed by atoms with Crippen LogP contribution in [0.25, 0.3) is 0 Å². The minimum atomic E-state index is -4.47. The number of halogens is 4. The number of benzene rings is 2. The lowest BCUT2D eigenvalue weighted by Crippen LogP contribution is -2.31. The maximum absolute atomic E-state index is 12.7. The summed E-state index contributed by atoms with van der Waals surface area (Å²) < 4.78 is 43.2. The third kappa shape index (κ3) is 5.84. The molecule has 0 aliphatic rings. The van der Waals surface area contributed by atoms with Crippen LogP contribution in [0.2, 0.25) is 5.02 Å². The molecular weight excluding hydrogens is 369 g/mol. The highest BCUT2D eigenvalue weighted by molar-refractivity contribution is 6.33. The number of alkyl halides is 3. The second-order valence-corrected chi connectivity index (χ2v) is 5.90. The third-order valence-electron chi connectivity index (χ3n) is 3.63. The van der Waals surface area contributed by atoms with Crippen molar-refractivity contribution in [1.29, 1.82) is 0 Å². The lowest BCUT2D eigenvalue weighted by atomic mass is 10.1. The van der Waals surface area contributed by atoms with E-state index in [4.69, 9.17) is 16.3 Å². The van der Waals surface area contributed by atoms with Crippen LogP contribution in [0.3, 0.4) is 0 Å². The molecule has 0 saturated carbocycles. The molecular formula is C18H18ClF3N2O2. The van der Waals surface area contributed by atoms with Gasteiger partial charge in [-0.25, -0.2) is 0 Å². The largest absolute Gasteiger partial charge is 0.497 e. The molecule has 2 aromatic carbocycles. The van der Waals surface area contributed by atoms with Gasteiger partial charge in [-0.2, -0.15) is 13.2 Å². The summed E-state index contributed by atoms with van der Waals surface area (Å²) in [6.45, 7) is 0.229. The first kappa shape index (κ1) is 19.9. The molecule has 8 heteroatoms. The Hall–Kier alpha value is -2.41. The summed E-state index contributed by atoms with van der Waals surface area (Å²) in [5.41, 5.74) is 0.260. The van der Waals surface area contributed by atoms with E-state index in [0.717, 1.165) is 29.5 Å². The number of rotatable bonds is 7. The molecule has 0 bridgehead atoms. The number of carbonyl (C=O) groups excluding carboxylic acids is 1. The molecule has 0 aliphatic heterocycles. The van der Waals surface area contributed by atoms with E-state index in [1.807, 2.05) is 24.3 Å². The first-order valence-electron chi connectivity index (χ1n) is 7.80. The fourth-order valence-corrected chi connectivity index (χ4v) is 2.40. The molecule has 4 nitrogen and oxygen atoms in total. The van der Waals surface area contributed by atoms with E-state index in [1.165, 1.54) is 0 Å². The van der Waals surface area contributed by atoms with Crippen LogP contribution in [0.5, 0.6) is 5.75 Å². The van der Waals surface area contributed by atoms with Crippen molar-refractivity contribution in [3.05, 3.63) is 58.6 Å². The number of anilines is 1. The van der Waals surface area contributed by atoms with Gasteiger partial charge in [0.2, 0.25) is 5.91 Å². The maximum Gasteiger partial charge on any atom is 0.416 e. The van der Waals surface area contributed by atoms with Crippen LogP contribution >= 0.6 is 11.6 Å². The van der Waals surface area contributed by atoms with Crippen LogP contribution in [0.4, 0.5) is 18.9 Å². The van der Waals surface area contributed by atoms with E-state index in [2.05, 4.69) is 10.6 Å². The zero-order valence-electron chi connectivity index (χ0n) is 14.0. The van der Waals surface area contributed by atoms with Gasteiger partial charge in [-0.1, -0.05) is 23.7 Å². The normalized spacial score (nSPS) is 11.1. The summed E-state index contributed by atoms with van der Waals surface area (Å²) >= 11 is 5.87. The number of hydrogen-bond acceptors (Lipinski definition) is 3. The quantitative estimate of drug-likeness (QED) is 0.752. The van der Waals surface area contributed by atoms with Crippen LogP contribution in [0.1, 0.15) is 11.1 Å². The molecule has 26 heavy (non-hydrogen) atoms. The Morgan fingerprint density at radius 2 is 1.85 bits per heavy atom. The molecule has 0 radical (unpaired) electrons. The van der Waals surface area contributed by atoms with Gasteiger partial charge >= 0.3 is 6.18 Å². The first-order chi connectivity index (χ1) is 12.3. The molecule has 0 spiro atoms. The number of methoxy groups -OCH3 is 1. The molecule has 2 N–H and O–H groups in total. The predicted molar refractivity (Wildman–Crippen MR) is 94.7 cm³/mol. The highest BCUT2D eigenvalue weighted by Gasteiger charge is 2.30. The highest BCUT2D eigenvalue weighted by atomic mass is 35.5. The van der Waals surface area contributed by atoms with Crippen LogP contribution in [-0.2, 0) is 17.4 Å². The number of hydrogen-bond donors (Lipinski definition) is 2. The summed E-state index contributed by atoms with van der Waals surface area (Å²) in [5.74, 6) is 0.409. The molecule has 0 heterocycles. The zero-order chi connectivity index (χ0) is 19.2. The zero-order valence-corrected chi connectivity index (χ0v) is 14.7. The minimum Gasteiger partial charge on any atom is -0.497 e.